The average Bonchev–Trinajstić information content (AvgIpc) is 2.59. The topological polar surface area (TPSA) is 87.7 Å². The molecule has 0 radical (unpaired) electrons. The second kappa shape index (κ2) is 6.88. The van der Waals surface area contributed by atoms with E-state index in [4.69, 9.17) is 0 Å². The summed E-state index contributed by atoms with van der Waals surface area (Å²) in [6.07, 6.45) is 4.63. The molecule has 0 saturated heterocycles. The third kappa shape index (κ3) is 3.39. The van der Waals surface area contributed by atoms with Crippen LogP contribution in [0.4, 0.5) is 5.82 Å². The van der Waals surface area contributed by atoms with Gasteiger partial charge in [-0.2, -0.15) is 0 Å². The maximum Gasteiger partial charge on any atom is 0.257 e. The van der Waals surface area contributed by atoms with E-state index in [0.29, 0.717) is 33.8 Å². The number of nitrogens with one attached hydrogen (secondary N) is 2. The molecule has 1 aliphatic carbocycles. The van der Waals surface area contributed by atoms with Crippen molar-refractivity contribution < 1.29 is 4.79 Å². The van der Waals surface area contributed by atoms with Crippen LogP contribution in [0, 0.1) is 5.41 Å². The lowest BCUT2D eigenvalue weighted by Gasteiger charge is -2.38. The van der Waals surface area contributed by atoms with Gasteiger partial charge >= 0.3 is 0 Å². The van der Waals surface area contributed by atoms with Crippen molar-refractivity contribution in [3.05, 3.63) is 57.3 Å². The number of nitrogens with zero attached hydrogens (tertiary/aromatic N) is 2. The molecule has 1 atom stereocenters. The largest absolute Gasteiger partial charge is 0.343 e. The van der Waals surface area contributed by atoms with E-state index in [1.807, 2.05) is 12.1 Å². The van der Waals surface area contributed by atoms with Crippen LogP contribution in [-0.2, 0) is 4.79 Å². The number of anilines is 1. The highest BCUT2D eigenvalue weighted by molar-refractivity contribution is 7.99. The zero-order valence-corrected chi connectivity index (χ0v) is 17.3. The number of H-pyrrole nitrogens is 1. The summed E-state index contributed by atoms with van der Waals surface area (Å²) >= 11 is 1.51. The number of aromatic nitrogens is 3. The van der Waals surface area contributed by atoms with Crippen LogP contribution in [0.3, 0.4) is 0 Å². The molecule has 0 saturated carbocycles. The second-order valence-electron chi connectivity index (χ2n) is 8.48. The molecule has 2 aromatic heterocycles. The Morgan fingerprint density at radius 1 is 1.25 bits per heavy atom. The van der Waals surface area contributed by atoms with Crippen molar-refractivity contribution in [1.29, 1.82) is 0 Å². The van der Waals surface area contributed by atoms with Crippen LogP contribution in [0.15, 0.2) is 45.7 Å². The Morgan fingerprint density at radius 3 is 2.71 bits per heavy atom. The monoisotopic (exact) mass is 396 g/mol. The third-order valence-corrected chi connectivity index (χ3v) is 5.95. The van der Waals surface area contributed by atoms with Crippen molar-refractivity contribution in [2.75, 3.05) is 5.32 Å². The summed E-state index contributed by atoms with van der Waals surface area (Å²) in [7, 11) is 0. The van der Waals surface area contributed by atoms with E-state index in [9.17, 15) is 9.59 Å². The van der Waals surface area contributed by atoms with E-state index in [1.165, 1.54) is 11.8 Å². The predicted molar refractivity (Wildman–Crippen MR) is 111 cm³/mol. The zero-order chi connectivity index (χ0) is 20.1. The van der Waals surface area contributed by atoms with Gasteiger partial charge in [-0.3, -0.25) is 14.6 Å². The fourth-order valence-corrected chi connectivity index (χ4v) is 4.79. The van der Waals surface area contributed by atoms with Gasteiger partial charge in [0.2, 0.25) is 0 Å². The van der Waals surface area contributed by atoms with E-state index >= 15 is 0 Å². The third-order valence-electron chi connectivity index (χ3n) is 5.07. The molecule has 0 amide bonds. The van der Waals surface area contributed by atoms with Gasteiger partial charge in [-0.05, 0) is 23.5 Å². The standard InChI is InChI=1S/C21H24N4O2S/c1-11(2)28-20-24-18-17(19(27)25-20)15(12-6-5-7-22-10-12)16-13(23-18)8-21(3,4)9-14(16)26/h5-7,10-11,15H,8-9H2,1-4H3,(H2,23,24,25,27). The number of fused-ring (bicyclic) bond motifs is 1. The Labute approximate surface area is 168 Å². The summed E-state index contributed by atoms with van der Waals surface area (Å²) in [4.78, 5) is 38.0. The molecule has 2 aliphatic rings. The van der Waals surface area contributed by atoms with Crippen molar-refractivity contribution in [3.8, 4) is 0 Å². The van der Waals surface area contributed by atoms with Gasteiger partial charge in [0.15, 0.2) is 10.9 Å². The molecule has 28 heavy (non-hydrogen) atoms. The fraction of sp³-hybridized carbons (Fsp3) is 0.429. The van der Waals surface area contributed by atoms with Gasteiger partial charge in [-0.15, -0.1) is 0 Å². The van der Waals surface area contributed by atoms with E-state index in [-0.39, 0.29) is 16.8 Å². The minimum Gasteiger partial charge on any atom is -0.343 e. The summed E-state index contributed by atoms with van der Waals surface area (Å²) in [6, 6.07) is 3.75. The molecule has 0 bridgehead atoms. The number of carbonyl (C=O) groups is 1. The van der Waals surface area contributed by atoms with Crippen molar-refractivity contribution in [3.63, 3.8) is 0 Å². The van der Waals surface area contributed by atoms with Crippen LogP contribution >= 0.6 is 11.8 Å². The number of hydrogen-bond donors (Lipinski definition) is 2. The summed E-state index contributed by atoms with van der Waals surface area (Å²) in [5, 5.41) is 4.21. The molecule has 2 N–H and O–H groups in total. The van der Waals surface area contributed by atoms with Crippen molar-refractivity contribution in [2.45, 2.75) is 56.9 Å². The number of rotatable bonds is 3. The zero-order valence-electron chi connectivity index (χ0n) is 16.5. The van der Waals surface area contributed by atoms with Crippen molar-refractivity contribution in [2.24, 2.45) is 5.41 Å². The number of Topliss-reactive ketones (excluding diaryl/α,β-unsaturated/α-hetero) is 1. The van der Waals surface area contributed by atoms with E-state index in [2.05, 4.69) is 48.0 Å². The summed E-state index contributed by atoms with van der Waals surface area (Å²) < 4.78 is 0. The van der Waals surface area contributed by atoms with Crippen LogP contribution in [0.25, 0.3) is 0 Å². The highest BCUT2D eigenvalue weighted by Crippen LogP contribution is 2.47. The van der Waals surface area contributed by atoms with Crippen molar-refractivity contribution >= 4 is 23.4 Å². The average molecular weight is 397 g/mol. The first-order valence-electron chi connectivity index (χ1n) is 9.49. The Kier molecular flexibility index (Phi) is 4.65. The number of carbonyl (C=O) groups excluding carboxylic acids is 1. The van der Waals surface area contributed by atoms with Crippen LogP contribution in [0.1, 0.15) is 57.6 Å². The minimum absolute atomic E-state index is 0.0817. The Balaban J connectivity index is 1.93. The first-order valence-corrected chi connectivity index (χ1v) is 10.4. The van der Waals surface area contributed by atoms with Gasteiger partial charge in [-0.25, -0.2) is 4.98 Å². The molecule has 6 nitrogen and oxygen atoms in total. The lowest BCUT2D eigenvalue weighted by Crippen LogP contribution is -2.37. The predicted octanol–water partition coefficient (Wildman–Crippen LogP) is 3.87. The van der Waals surface area contributed by atoms with Gasteiger partial charge in [0, 0.05) is 41.3 Å². The number of thioether (sulfide) groups is 1. The van der Waals surface area contributed by atoms with E-state index in [0.717, 1.165) is 17.7 Å². The van der Waals surface area contributed by atoms with Crippen molar-refractivity contribution in [1.82, 2.24) is 15.0 Å². The number of ketones is 1. The summed E-state index contributed by atoms with van der Waals surface area (Å²) in [5.41, 5.74) is 2.54. The molecule has 146 valence electrons. The Bertz CT molecular complexity index is 1020. The first-order chi connectivity index (χ1) is 13.2. The molecule has 3 heterocycles. The number of allylic oxidation sites excluding steroid dienone is 2. The first kappa shape index (κ1) is 18.9. The molecule has 1 unspecified atom stereocenters. The number of hydrogen-bond acceptors (Lipinski definition) is 6. The van der Waals surface area contributed by atoms with Gasteiger partial charge in [-0.1, -0.05) is 45.5 Å². The minimum atomic E-state index is -0.446. The Morgan fingerprint density at radius 2 is 2.04 bits per heavy atom. The maximum atomic E-state index is 13.1. The highest BCUT2D eigenvalue weighted by atomic mass is 32.2. The van der Waals surface area contributed by atoms with Gasteiger partial charge in [0.25, 0.3) is 5.56 Å². The number of aromatic amines is 1. The smallest absolute Gasteiger partial charge is 0.257 e. The molecule has 1 aliphatic heterocycles. The molecule has 0 fully saturated rings. The van der Waals surface area contributed by atoms with Crippen LogP contribution in [-0.4, -0.2) is 26.0 Å². The van der Waals surface area contributed by atoms with Gasteiger partial charge in [0.1, 0.15) is 5.82 Å². The van der Waals surface area contributed by atoms with E-state index in [1.54, 1.807) is 12.4 Å². The second-order valence-corrected chi connectivity index (χ2v) is 10.0. The van der Waals surface area contributed by atoms with Crippen LogP contribution in [0.2, 0.25) is 0 Å². The van der Waals surface area contributed by atoms with Gasteiger partial charge < -0.3 is 10.3 Å². The molecular weight excluding hydrogens is 372 g/mol. The molecule has 7 heteroatoms. The van der Waals surface area contributed by atoms with Crippen LogP contribution in [0.5, 0.6) is 0 Å². The van der Waals surface area contributed by atoms with Gasteiger partial charge in [0.05, 0.1) is 5.56 Å². The van der Waals surface area contributed by atoms with E-state index < -0.39 is 5.92 Å². The van der Waals surface area contributed by atoms with Crippen LogP contribution < -0.4 is 10.9 Å². The highest BCUT2D eigenvalue weighted by Gasteiger charge is 2.42. The molecule has 4 rings (SSSR count). The SMILES string of the molecule is CC(C)Sc1nc2c(c(=O)[nH]1)C(c1cccnc1)C1=C(CC(C)(C)CC1=O)N2. The molecule has 0 spiro atoms. The molecule has 0 aromatic carbocycles. The fourth-order valence-electron chi connectivity index (χ4n) is 4.05. The molecular formula is C21H24N4O2S. The lowest BCUT2D eigenvalue weighted by atomic mass is 9.69. The Hall–Kier alpha value is -2.41. The summed E-state index contributed by atoms with van der Waals surface area (Å²) in [6.45, 7) is 8.30. The quantitative estimate of drug-likeness (QED) is 0.605. The normalized spacial score (nSPS) is 20.6. The lowest BCUT2D eigenvalue weighted by molar-refractivity contribution is -0.118. The summed E-state index contributed by atoms with van der Waals surface area (Å²) in [5.74, 6) is 0.182. The number of pyridine rings is 1. The maximum absolute atomic E-state index is 13.1. The molecule has 2 aromatic rings.